The predicted octanol–water partition coefficient (Wildman–Crippen LogP) is 5.21. The number of hydrogen-bond donors (Lipinski definition) is 3. The van der Waals surface area contributed by atoms with Gasteiger partial charge in [0.25, 0.3) is 0 Å². The molecule has 0 spiro atoms. The molecule has 3 N–H and O–H groups in total. The van der Waals surface area contributed by atoms with E-state index in [0.717, 1.165) is 37.3 Å². The van der Waals surface area contributed by atoms with Crippen LogP contribution in [0.5, 0.6) is 5.75 Å². The van der Waals surface area contributed by atoms with Crippen LogP contribution in [0.15, 0.2) is 60.8 Å². The van der Waals surface area contributed by atoms with Gasteiger partial charge in [-0.15, -0.1) is 5.10 Å². The summed E-state index contributed by atoms with van der Waals surface area (Å²) in [6.07, 6.45) is 3.69. The van der Waals surface area contributed by atoms with E-state index in [1.165, 1.54) is 11.1 Å². The van der Waals surface area contributed by atoms with E-state index < -0.39 is 13.2 Å². The molecular formula is C34H40ClN10O4P. The molecule has 0 radical (unpaired) electrons. The Bertz CT molecular complexity index is 1920. The van der Waals surface area contributed by atoms with Crippen molar-refractivity contribution in [2.24, 2.45) is 0 Å². The van der Waals surface area contributed by atoms with E-state index in [9.17, 15) is 14.2 Å². The van der Waals surface area contributed by atoms with Gasteiger partial charge in [-0.25, -0.2) is 9.78 Å². The average molecular weight is 719 g/mol. The van der Waals surface area contributed by atoms with E-state index in [4.69, 9.17) is 16.3 Å². The minimum atomic E-state index is -2.55. The SMILES string of the molecule is COc1cc(N2CCC(N(C)Cc3ccc(N4CCC(=O)NC4=O)nn3)CC2)ccc1Nc1ncc(Cl)c(Nc2ccccc2P(C)(C)=O)n1. The highest BCUT2D eigenvalue weighted by Crippen LogP contribution is 2.39. The summed E-state index contributed by atoms with van der Waals surface area (Å²) in [5.74, 6) is 1.51. The Morgan fingerprint density at radius 1 is 1.02 bits per heavy atom. The molecule has 0 atom stereocenters. The van der Waals surface area contributed by atoms with Crippen LogP contribution in [0.4, 0.5) is 39.4 Å². The fourth-order valence-corrected chi connectivity index (χ4v) is 7.40. The number of nitrogens with zero attached hydrogens (tertiary/aromatic N) is 7. The fourth-order valence-electron chi connectivity index (χ4n) is 6.11. The topological polar surface area (TPSA) is 158 Å². The van der Waals surface area contributed by atoms with E-state index in [2.05, 4.69) is 59.0 Å². The van der Waals surface area contributed by atoms with Crippen LogP contribution in [0.3, 0.4) is 0 Å². The second kappa shape index (κ2) is 15.0. The first-order valence-electron chi connectivity index (χ1n) is 16.3. The Balaban J connectivity index is 1.05. The minimum absolute atomic E-state index is 0.239. The molecule has 0 bridgehead atoms. The molecule has 50 heavy (non-hydrogen) atoms. The molecule has 2 saturated heterocycles. The molecule has 2 fully saturated rings. The van der Waals surface area contributed by atoms with Gasteiger partial charge in [-0.2, -0.15) is 10.1 Å². The Morgan fingerprint density at radius 3 is 2.50 bits per heavy atom. The normalized spacial score (nSPS) is 15.6. The van der Waals surface area contributed by atoms with Gasteiger partial charge in [-0.05, 0) is 69.6 Å². The van der Waals surface area contributed by atoms with Crippen LogP contribution in [0.1, 0.15) is 25.0 Å². The molecule has 14 nitrogen and oxygen atoms in total. The lowest BCUT2D eigenvalue weighted by Crippen LogP contribution is -2.50. The molecule has 4 heterocycles. The first-order chi connectivity index (χ1) is 24.0. The Kier molecular flexibility index (Phi) is 10.5. The maximum Gasteiger partial charge on any atom is 0.329 e. The van der Waals surface area contributed by atoms with Crippen LogP contribution in [0.2, 0.25) is 5.02 Å². The maximum atomic E-state index is 12.9. The summed E-state index contributed by atoms with van der Waals surface area (Å²) in [5.41, 5.74) is 3.24. The second-order valence-electron chi connectivity index (χ2n) is 12.7. The molecule has 0 unspecified atom stereocenters. The summed E-state index contributed by atoms with van der Waals surface area (Å²) in [6.45, 7) is 6.12. The number of halogens is 1. The van der Waals surface area contributed by atoms with Gasteiger partial charge in [0.1, 0.15) is 17.9 Å². The van der Waals surface area contributed by atoms with Gasteiger partial charge in [0.05, 0.1) is 30.4 Å². The number of aromatic nitrogens is 4. The summed E-state index contributed by atoms with van der Waals surface area (Å²) >= 11 is 6.45. The third-order valence-electron chi connectivity index (χ3n) is 8.81. The summed E-state index contributed by atoms with van der Waals surface area (Å²) < 4.78 is 18.6. The van der Waals surface area contributed by atoms with Crippen molar-refractivity contribution < 1.29 is 18.9 Å². The van der Waals surface area contributed by atoms with Crippen molar-refractivity contribution in [3.8, 4) is 5.75 Å². The number of para-hydroxylation sites is 1. The number of methoxy groups -OCH3 is 1. The Hall–Kier alpha value is -4.78. The molecule has 4 aromatic rings. The molecule has 2 aromatic heterocycles. The van der Waals surface area contributed by atoms with Gasteiger partial charge in [0.2, 0.25) is 11.9 Å². The standard InChI is InChI=1S/C34H40ClN10O4P/c1-43(21-22-9-12-30(42-41-22)45-18-15-31(46)39-34(45)47)23-13-16-44(17-14-23)24-10-11-26(28(19-24)49-2)38-33-36-20-25(35)32(40-33)37-27-7-5-6-8-29(27)50(3,4)48/h5-12,19-20,23H,13-18,21H2,1-4H3,(H,39,46,47)(H2,36,37,38,40). The average Bonchev–Trinajstić information content (AvgIpc) is 3.10. The lowest BCUT2D eigenvalue weighted by Gasteiger charge is -2.38. The zero-order valence-corrected chi connectivity index (χ0v) is 30.0. The summed E-state index contributed by atoms with van der Waals surface area (Å²) in [5, 5.41) is 18.4. The van der Waals surface area contributed by atoms with Gasteiger partial charge in [0.15, 0.2) is 11.6 Å². The van der Waals surface area contributed by atoms with E-state index in [-0.39, 0.29) is 18.9 Å². The van der Waals surface area contributed by atoms with Crippen molar-refractivity contribution in [2.45, 2.75) is 31.8 Å². The van der Waals surface area contributed by atoms with Gasteiger partial charge in [0, 0.05) is 55.7 Å². The number of carbonyl (C=O) groups is 2. The van der Waals surface area contributed by atoms with Crippen LogP contribution in [-0.4, -0.2) is 90.2 Å². The van der Waals surface area contributed by atoms with Crippen LogP contribution in [0.25, 0.3) is 0 Å². The number of ether oxygens (including phenoxy) is 1. The molecule has 0 aliphatic carbocycles. The first kappa shape index (κ1) is 35.1. The van der Waals surface area contributed by atoms with Crippen molar-refractivity contribution in [1.29, 1.82) is 0 Å². The number of hydrogen-bond acceptors (Lipinski definition) is 12. The number of amides is 3. The highest BCUT2D eigenvalue weighted by molar-refractivity contribution is 7.70. The zero-order valence-electron chi connectivity index (χ0n) is 28.4. The Morgan fingerprint density at radius 2 is 1.80 bits per heavy atom. The highest BCUT2D eigenvalue weighted by Gasteiger charge is 2.27. The third-order valence-corrected chi connectivity index (χ3v) is 10.6. The minimum Gasteiger partial charge on any atom is -0.494 e. The summed E-state index contributed by atoms with van der Waals surface area (Å²) in [6, 6.07) is 17.0. The van der Waals surface area contributed by atoms with Crippen LogP contribution < -0.4 is 35.8 Å². The number of imide groups is 1. The van der Waals surface area contributed by atoms with Gasteiger partial charge < -0.3 is 24.8 Å². The molecule has 2 aliphatic rings. The number of nitrogens with one attached hydrogen (secondary N) is 3. The van der Waals surface area contributed by atoms with E-state index in [0.29, 0.717) is 57.6 Å². The van der Waals surface area contributed by atoms with Crippen molar-refractivity contribution in [3.05, 3.63) is 71.5 Å². The van der Waals surface area contributed by atoms with E-state index in [1.807, 2.05) is 42.5 Å². The van der Waals surface area contributed by atoms with Crippen molar-refractivity contribution in [3.63, 3.8) is 0 Å². The maximum absolute atomic E-state index is 12.9. The first-order valence-corrected chi connectivity index (χ1v) is 19.2. The van der Waals surface area contributed by atoms with Crippen molar-refractivity contribution in [1.82, 2.24) is 30.4 Å². The fraction of sp³-hybridized carbons (Fsp3) is 0.353. The molecule has 262 valence electrons. The van der Waals surface area contributed by atoms with Gasteiger partial charge in [-0.3, -0.25) is 19.9 Å². The van der Waals surface area contributed by atoms with Crippen molar-refractivity contribution >= 4 is 70.6 Å². The molecule has 2 aromatic carbocycles. The zero-order chi connectivity index (χ0) is 35.4. The number of urea groups is 1. The quantitative estimate of drug-likeness (QED) is 0.174. The van der Waals surface area contributed by atoms with E-state index in [1.54, 1.807) is 26.5 Å². The number of benzene rings is 2. The smallest absolute Gasteiger partial charge is 0.329 e. The van der Waals surface area contributed by atoms with Crippen molar-refractivity contribution in [2.75, 3.05) is 67.6 Å². The molecular weight excluding hydrogens is 679 g/mol. The summed E-state index contributed by atoms with van der Waals surface area (Å²) in [7, 11) is 1.17. The van der Waals surface area contributed by atoms with E-state index >= 15 is 0 Å². The molecule has 16 heteroatoms. The predicted molar refractivity (Wildman–Crippen MR) is 196 cm³/mol. The lowest BCUT2D eigenvalue weighted by molar-refractivity contribution is -0.120. The van der Waals surface area contributed by atoms with Crippen LogP contribution >= 0.6 is 18.7 Å². The van der Waals surface area contributed by atoms with Gasteiger partial charge in [-0.1, -0.05) is 23.7 Å². The number of piperidine rings is 1. The molecule has 3 amide bonds. The largest absolute Gasteiger partial charge is 0.494 e. The molecule has 6 rings (SSSR count). The third kappa shape index (κ3) is 8.15. The second-order valence-corrected chi connectivity index (χ2v) is 16.3. The lowest BCUT2D eigenvalue weighted by atomic mass is 10.0. The molecule has 2 aliphatic heterocycles. The van der Waals surface area contributed by atoms with Crippen LogP contribution in [0, 0.1) is 0 Å². The van der Waals surface area contributed by atoms with Crippen LogP contribution in [-0.2, 0) is 15.9 Å². The highest BCUT2D eigenvalue weighted by atomic mass is 35.5. The Labute approximate surface area is 296 Å². The van der Waals surface area contributed by atoms with Gasteiger partial charge >= 0.3 is 6.03 Å². The summed E-state index contributed by atoms with van der Waals surface area (Å²) in [4.78, 5) is 38.6. The monoisotopic (exact) mass is 718 g/mol. The number of rotatable bonds is 11. The molecule has 0 saturated carbocycles. The number of anilines is 6. The number of carbonyl (C=O) groups excluding carboxylic acids is 2.